The van der Waals surface area contributed by atoms with Gasteiger partial charge in [-0.1, -0.05) is 19.8 Å². The molecule has 1 amide bonds. The second-order valence-corrected chi connectivity index (χ2v) is 8.21. The molecule has 130 valence electrons. The Kier molecular flexibility index (Phi) is 5.10. The molecule has 0 aromatic rings. The molecule has 23 heavy (non-hydrogen) atoms. The number of rotatable bonds is 3. The van der Waals surface area contributed by atoms with Crippen LogP contribution < -0.4 is 5.32 Å². The lowest BCUT2D eigenvalue weighted by Gasteiger charge is -2.41. The van der Waals surface area contributed by atoms with Crippen molar-refractivity contribution in [2.75, 3.05) is 6.54 Å². The fraction of sp³-hybridized carbons (Fsp3) is 0.833. The minimum absolute atomic E-state index is 0.284. The van der Waals surface area contributed by atoms with Crippen LogP contribution in [0.4, 0.5) is 4.79 Å². The average molecular weight is 322 g/mol. The normalized spacial score (nSPS) is 28.6. The van der Waals surface area contributed by atoms with E-state index >= 15 is 0 Å². The van der Waals surface area contributed by atoms with Crippen molar-refractivity contribution in [3.05, 3.63) is 5.70 Å². The van der Waals surface area contributed by atoms with Crippen molar-refractivity contribution in [1.82, 2.24) is 10.2 Å². The van der Waals surface area contributed by atoms with Crippen LogP contribution in [0.3, 0.4) is 0 Å². The molecular formula is C18H30N2O3. The minimum Gasteiger partial charge on any atom is -0.444 e. The number of fused-ring (bicyclic) bond motifs is 1. The second-order valence-electron chi connectivity index (χ2n) is 8.21. The first kappa shape index (κ1) is 17.9. The maximum atomic E-state index is 12.0. The average Bonchev–Trinajstić information content (AvgIpc) is 2.75. The van der Waals surface area contributed by atoms with E-state index in [4.69, 9.17) is 4.74 Å². The standard InChI is InChI=1S/C18H30N2O3/c1-13(19-16(22)23-17(2,3)4)14(12-21)20-11-10-18(5)9-7-6-8-15(18)20/h13,15H,6-11H2,1-5H3,(H,19,22). The lowest BCUT2D eigenvalue weighted by molar-refractivity contribution is 0.0505. The van der Waals surface area contributed by atoms with E-state index in [0.717, 1.165) is 19.4 Å². The highest BCUT2D eigenvalue weighted by molar-refractivity contribution is 5.69. The topological polar surface area (TPSA) is 58.6 Å². The number of carbonyl (C=O) groups is 1. The summed E-state index contributed by atoms with van der Waals surface area (Å²) in [5.41, 5.74) is 0.280. The molecule has 1 N–H and O–H groups in total. The number of nitrogens with one attached hydrogen (secondary N) is 1. The zero-order valence-corrected chi connectivity index (χ0v) is 15.1. The molecule has 5 heteroatoms. The van der Waals surface area contributed by atoms with Crippen LogP contribution in [0.2, 0.25) is 0 Å². The summed E-state index contributed by atoms with van der Waals surface area (Å²) in [5, 5.41) is 2.77. The van der Waals surface area contributed by atoms with Crippen LogP contribution in [-0.2, 0) is 9.53 Å². The number of ether oxygens (including phenoxy) is 1. The van der Waals surface area contributed by atoms with Gasteiger partial charge in [0.2, 0.25) is 0 Å². The number of hydrogen-bond donors (Lipinski definition) is 1. The van der Waals surface area contributed by atoms with Crippen LogP contribution in [0.5, 0.6) is 0 Å². The van der Waals surface area contributed by atoms with E-state index in [1.807, 2.05) is 27.7 Å². The summed E-state index contributed by atoms with van der Waals surface area (Å²) in [5.74, 6) is 2.08. The number of hydrogen-bond acceptors (Lipinski definition) is 4. The Balaban J connectivity index is 2.05. The van der Waals surface area contributed by atoms with Crippen LogP contribution in [0.25, 0.3) is 0 Å². The molecule has 5 nitrogen and oxygen atoms in total. The molecule has 0 aromatic heterocycles. The van der Waals surface area contributed by atoms with E-state index in [0.29, 0.717) is 11.7 Å². The summed E-state index contributed by atoms with van der Waals surface area (Å²) in [6.45, 7) is 10.5. The second kappa shape index (κ2) is 6.56. The Morgan fingerprint density at radius 3 is 2.65 bits per heavy atom. The largest absolute Gasteiger partial charge is 0.444 e. The van der Waals surface area contributed by atoms with Crippen molar-refractivity contribution in [3.63, 3.8) is 0 Å². The maximum Gasteiger partial charge on any atom is 0.408 e. The van der Waals surface area contributed by atoms with Gasteiger partial charge >= 0.3 is 6.09 Å². The summed E-state index contributed by atoms with van der Waals surface area (Å²) >= 11 is 0. The Hall–Kier alpha value is -1.48. The molecule has 1 aliphatic carbocycles. The van der Waals surface area contributed by atoms with E-state index in [2.05, 4.69) is 23.1 Å². The van der Waals surface area contributed by atoms with Crippen LogP contribution in [0.15, 0.2) is 5.70 Å². The van der Waals surface area contributed by atoms with E-state index in [1.165, 1.54) is 19.3 Å². The van der Waals surface area contributed by atoms with Gasteiger partial charge in [0.25, 0.3) is 0 Å². The maximum absolute atomic E-state index is 12.0. The highest BCUT2D eigenvalue weighted by atomic mass is 16.6. The highest BCUT2D eigenvalue weighted by Crippen LogP contribution is 2.47. The molecular weight excluding hydrogens is 292 g/mol. The predicted octanol–water partition coefficient (Wildman–Crippen LogP) is 3.27. The molecule has 2 fully saturated rings. The van der Waals surface area contributed by atoms with Gasteiger partial charge in [-0.2, -0.15) is 0 Å². The van der Waals surface area contributed by atoms with Crippen molar-refractivity contribution in [3.8, 4) is 0 Å². The number of nitrogens with zero attached hydrogens (tertiary/aromatic N) is 1. The van der Waals surface area contributed by atoms with Gasteiger partial charge in [-0.25, -0.2) is 9.59 Å². The van der Waals surface area contributed by atoms with Crippen molar-refractivity contribution in [2.24, 2.45) is 5.41 Å². The Morgan fingerprint density at radius 1 is 1.35 bits per heavy atom. The molecule has 0 spiro atoms. The first-order valence-electron chi connectivity index (χ1n) is 8.67. The molecule has 3 atom stereocenters. The van der Waals surface area contributed by atoms with E-state index in [1.54, 1.807) is 0 Å². The van der Waals surface area contributed by atoms with Crippen LogP contribution in [0.1, 0.15) is 66.7 Å². The SMILES string of the molecule is CC(NC(=O)OC(C)(C)C)C(=C=O)N1CCC2(C)CCCCC12. The fourth-order valence-corrected chi connectivity index (χ4v) is 3.97. The number of carbonyl (C=O) groups excluding carboxylic acids is 2. The molecule has 2 aliphatic rings. The van der Waals surface area contributed by atoms with E-state index in [9.17, 15) is 9.59 Å². The molecule has 3 unspecified atom stereocenters. The van der Waals surface area contributed by atoms with Crippen molar-refractivity contribution < 1.29 is 14.3 Å². The quantitative estimate of drug-likeness (QED) is 0.810. The monoisotopic (exact) mass is 322 g/mol. The molecule has 2 rings (SSSR count). The van der Waals surface area contributed by atoms with Crippen LogP contribution in [0, 0.1) is 5.41 Å². The Bertz CT molecular complexity index is 505. The number of likely N-dealkylation sites (tertiary alicyclic amines) is 1. The Morgan fingerprint density at radius 2 is 2.04 bits per heavy atom. The number of alkyl carbamates (subject to hydrolysis) is 1. The summed E-state index contributed by atoms with van der Waals surface area (Å²) in [6.07, 6.45) is 5.41. The van der Waals surface area contributed by atoms with Gasteiger partial charge in [-0.05, 0) is 52.4 Å². The lowest BCUT2D eigenvalue weighted by atomic mass is 9.72. The van der Waals surface area contributed by atoms with Gasteiger partial charge in [0.15, 0.2) is 0 Å². The van der Waals surface area contributed by atoms with Crippen LogP contribution >= 0.6 is 0 Å². The molecule has 1 aliphatic heterocycles. The zero-order chi connectivity index (χ0) is 17.3. The first-order chi connectivity index (χ1) is 10.7. The predicted molar refractivity (Wildman–Crippen MR) is 89.7 cm³/mol. The fourth-order valence-electron chi connectivity index (χ4n) is 3.97. The van der Waals surface area contributed by atoms with Crippen molar-refractivity contribution in [1.29, 1.82) is 0 Å². The molecule has 0 radical (unpaired) electrons. The summed E-state index contributed by atoms with van der Waals surface area (Å²) in [6, 6.07) is -0.0118. The summed E-state index contributed by atoms with van der Waals surface area (Å²) in [7, 11) is 0. The zero-order valence-electron chi connectivity index (χ0n) is 15.1. The highest BCUT2D eigenvalue weighted by Gasteiger charge is 2.46. The van der Waals surface area contributed by atoms with Crippen molar-refractivity contribution in [2.45, 2.75) is 84.4 Å². The van der Waals surface area contributed by atoms with Gasteiger partial charge in [0.1, 0.15) is 17.2 Å². The first-order valence-corrected chi connectivity index (χ1v) is 8.67. The third-order valence-electron chi connectivity index (χ3n) is 5.14. The van der Waals surface area contributed by atoms with Gasteiger partial charge in [0.05, 0.1) is 6.04 Å². The molecule has 1 saturated carbocycles. The van der Waals surface area contributed by atoms with Gasteiger partial charge in [-0.3, -0.25) is 0 Å². The minimum atomic E-state index is -0.551. The van der Waals surface area contributed by atoms with E-state index < -0.39 is 17.7 Å². The summed E-state index contributed by atoms with van der Waals surface area (Å²) in [4.78, 5) is 25.7. The molecule has 1 heterocycles. The van der Waals surface area contributed by atoms with E-state index in [-0.39, 0.29) is 5.41 Å². The smallest absolute Gasteiger partial charge is 0.408 e. The molecule has 1 saturated heterocycles. The lowest BCUT2D eigenvalue weighted by Crippen LogP contribution is -2.46. The van der Waals surface area contributed by atoms with Crippen molar-refractivity contribution >= 4 is 12.0 Å². The van der Waals surface area contributed by atoms with Gasteiger partial charge < -0.3 is 15.0 Å². The summed E-state index contributed by atoms with van der Waals surface area (Å²) < 4.78 is 5.28. The third-order valence-corrected chi connectivity index (χ3v) is 5.14. The third kappa shape index (κ3) is 4.08. The van der Waals surface area contributed by atoms with Gasteiger partial charge in [-0.15, -0.1) is 0 Å². The van der Waals surface area contributed by atoms with Gasteiger partial charge in [0, 0.05) is 12.6 Å². The van der Waals surface area contributed by atoms with Crippen LogP contribution in [-0.4, -0.2) is 41.2 Å². The molecule has 0 aromatic carbocycles. The number of amides is 1. The Labute approximate surface area is 139 Å². The molecule has 0 bridgehead atoms.